The zero-order valence-electron chi connectivity index (χ0n) is 16.5. The average molecular weight is 344 g/mol. The largest absolute Gasteiger partial charge is 0.389 e. The molecule has 0 amide bonds. The molecule has 140 valence electrons. The van der Waals surface area contributed by atoms with Crippen LogP contribution in [0.25, 0.3) is 0 Å². The minimum Gasteiger partial charge on any atom is -0.389 e. The summed E-state index contributed by atoms with van der Waals surface area (Å²) in [4.78, 5) is 0. The lowest BCUT2D eigenvalue weighted by atomic mass is 9.67. The second-order valence-electron chi connectivity index (χ2n) is 9.74. The highest BCUT2D eigenvalue weighted by atomic mass is 16.3. The molecule has 2 saturated carbocycles. The molecule has 2 unspecified atom stereocenters. The zero-order valence-corrected chi connectivity index (χ0v) is 16.5. The zero-order chi connectivity index (χ0) is 17.9. The van der Waals surface area contributed by atoms with Crippen molar-refractivity contribution >= 4 is 0 Å². The van der Waals surface area contributed by atoms with Gasteiger partial charge in [-0.2, -0.15) is 0 Å². The Morgan fingerprint density at radius 1 is 1.16 bits per heavy atom. The van der Waals surface area contributed by atoms with Gasteiger partial charge in [-0.05, 0) is 61.0 Å². The first kappa shape index (κ1) is 18.9. The Bertz CT molecular complexity index is 559. The number of hydrogen-bond acceptors (Lipinski definition) is 2. The van der Waals surface area contributed by atoms with E-state index in [9.17, 15) is 5.11 Å². The van der Waals surface area contributed by atoms with E-state index in [1.54, 1.807) is 0 Å². The summed E-state index contributed by atoms with van der Waals surface area (Å²) >= 11 is 0. The molecule has 0 spiro atoms. The first-order chi connectivity index (χ1) is 11.8. The molecule has 1 aromatic carbocycles. The van der Waals surface area contributed by atoms with Crippen LogP contribution in [0.3, 0.4) is 0 Å². The topological polar surface area (TPSA) is 32.3 Å². The maximum absolute atomic E-state index is 11.0. The Balaban J connectivity index is 1.49. The number of hydrogen-bond donors (Lipinski definition) is 2. The van der Waals surface area contributed by atoms with E-state index in [0.717, 1.165) is 25.3 Å². The Hall–Kier alpha value is -0.860. The predicted molar refractivity (Wildman–Crippen MR) is 106 cm³/mol. The summed E-state index contributed by atoms with van der Waals surface area (Å²) in [5.41, 5.74) is 2.59. The van der Waals surface area contributed by atoms with Gasteiger partial charge in [-0.15, -0.1) is 0 Å². The van der Waals surface area contributed by atoms with Gasteiger partial charge in [0.15, 0.2) is 0 Å². The van der Waals surface area contributed by atoms with Crippen LogP contribution in [0.5, 0.6) is 0 Å². The molecule has 0 bridgehead atoms. The smallest absolute Gasteiger partial charge is 0.0771 e. The minimum absolute atomic E-state index is 0.378. The van der Waals surface area contributed by atoms with Crippen molar-refractivity contribution in [1.82, 2.24) is 5.32 Å². The number of rotatable bonds is 7. The molecule has 25 heavy (non-hydrogen) atoms. The van der Waals surface area contributed by atoms with Crippen molar-refractivity contribution in [3.05, 3.63) is 35.4 Å². The van der Waals surface area contributed by atoms with Crippen molar-refractivity contribution in [2.45, 2.75) is 84.3 Å². The van der Waals surface area contributed by atoms with Crippen LogP contribution in [-0.4, -0.2) is 17.3 Å². The van der Waals surface area contributed by atoms with Gasteiger partial charge in [0, 0.05) is 13.1 Å². The molecular weight excluding hydrogens is 306 g/mol. The van der Waals surface area contributed by atoms with E-state index < -0.39 is 5.60 Å². The lowest BCUT2D eigenvalue weighted by molar-refractivity contribution is -0.0366. The SMILES string of the molecule is CC1(C)CCCC(C(C)(O)CNCc2cccc(CC3CCC3)c2)C1. The van der Waals surface area contributed by atoms with Gasteiger partial charge in [0.1, 0.15) is 0 Å². The van der Waals surface area contributed by atoms with E-state index in [1.807, 2.05) is 6.92 Å². The molecule has 2 aliphatic carbocycles. The Morgan fingerprint density at radius 3 is 2.60 bits per heavy atom. The quantitative estimate of drug-likeness (QED) is 0.723. The van der Waals surface area contributed by atoms with Crippen molar-refractivity contribution < 1.29 is 5.11 Å². The molecule has 2 heteroatoms. The van der Waals surface area contributed by atoms with Crippen LogP contribution < -0.4 is 5.32 Å². The van der Waals surface area contributed by atoms with Crippen LogP contribution >= 0.6 is 0 Å². The van der Waals surface area contributed by atoms with Crippen LogP contribution in [0.4, 0.5) is 0 Å². The molecule has 2 atom stereocenters. The normalized spacial score (nSPS) is 26.0. The second kappa shape index (κ2) is 7.80. The Labute approximate surface area is 154 Å². The van der Waals surface area contributed by atoms with Gasteiger partial charge >= 0.3 is 0 Å². The fourth-order valence-corrected chi connectivity index (χ4v) is 4.73. The summed E-state index contributed by atoms with van der Waals surface area (Å²) in [6.07, 6.45) is 10.3. The van der Waals surface area contributed by atoms with Gasteiger partial charge in [-0.3, -0.25) is 0 Å². The van der Waals surface area contributed by atoms with E-state index in [4.69, 9.17) is 0 Å². The molecule has 0 saturated heterocycles. The van der Waals surface area contributed by atoms with Crippen LogP contribution in [0.15, 0.2) is 24.3 Å². The molecule has 0 heterocycles. The molecule has 0 radical (unpaired) electrons. The summed E-state index contributed by atoms with van der Waals surface area (Å²) < 4.78 is 0. The molecule has 2 nitrogen and oxygen atoms in total. The third-order valence-electron chi connectivity index (χ3n) is 6.64. The van der Waals surface area contributed by atoms with Gasteiger partial charge < -0.3 is 10.4 Å². The fourth-order valence-electron chi connectivity index (χ4n) is 4.73. The number of aliphatic hydroxyl groups is 1. The van der Waals surface area contributed by atoms with Gasteiger partial charge in [0.2, 0.25) is 0 Å². The second-order valence-corrected chi connectivity index (χ2v) is 9.74. The Morgan fingerprint density at radius 2 is 1.92 bits per heavy atom. The van der Waals surface area contributed by atoms with Crippen molar-refractivity contribution in [3.63, 3.8) is 0 Å². The van der Waals surface area contributed by atoms with Crippen molar-refractivity contribution in [2.24, 2.45) is 17.3 Å². The predicted octanol–water partition coefficient (Wildman–Crippen LogP) is 5.09. The van der Waals surface area contributed by atoms with Gasteiger partial charge in [0.25, 0.3) is 0 Å². The molecule has 0 aromatic heterocycles. The molecule has 1 aromatic rings. The summed E-state index contributed by atoms with van der Waals surface area (Å²) in [6, 6.07) is 9.01. The molecular formula is C23H37NO. The van der Waals surface area contributed by atoms with Crippen molar-refractivity contribution in [3.8, 4) is 0 Å². The maximum atomic E-state index is 11.0. The van der Waals surface area contributed by atoms with E-state index in [0.29, 0.717) is 17.9 Å². The lowest BCUT2D eigenvalue weighted by Crippen LogP contribution is -2.46. The van der Waals surface area contributed by atoms with E-state index in [-0.39, 0.29) is 0 Å². The summed E-state index contributed by atoms with van der Waals surface area (Å²) in [6.45, 7) is 8.25. The van der Waals surface area contributed by atoms with Gasteiger partial charge in [0.05, 0.1) is 5.60 Å². The van der Waals surface area contributed by atoms with Crippen LogP contribution in [0.1, 0.15) is 76.8 Å². The van der Waals surface area contributed by atoms with Crippen LogP contribution in [-0.2, 0) is 13.0 Å². The standard InChI is InChI=1S/C23H37NO/c1-22(2)12-6-11-21(15-22)23(3,25)17-24-16-20-10-5-9-19(14-20)13-18-7-4-8-18/h5,9-10,14,18,21,24-25H,4,6-8,11-13,15-17H2,1-3H3. The summed E-state index contributed by atoms with van der Waals surface area (Å²) in [7, 11) is 0. The van der Waals surface area contributed by atoms with Gasteiger partial charge in [-0.1, -0.05) is 63.8 Å². The van der Waals surface area contributed by atoms with E-state index in [2.05, 4.69) is 43.4 Å². The third kappa shape index (κ3) is 5.31. The first-order valence-corrected chi connectivity index (χ1v) is 10.3. The summed E-state index contributed by atoms with van der Waals surface area (Å²) in [5, 5.41) is 14.5. The fraction of sp³-hybridized carbons (Fsp3) is 0.739. The molecule has 2 aliphatic rings. The number of nitrogens with one attached hydrogen (secondary N) is 1. The monoisotopic (exact) mass is 343 g/mol. The Kier molecular flexibility index (Phi) is 5.90. The van der Waals surface area contributed by atoms with Gasteiger partial charge in [-0.25, -0.2) is 0 Å². The molecule has 2 N–H and O–H groups in total. The molecule has 0 aliphatic heterocycles. The lowest BCUT2D eigenvalue weighted by Gasteiger charge is -2.42. The molecule has 2 fully saturated rings. The molecule has 3 rings (SSSR count). The minimum atomic E-state index is -0.610. The third-order valence-corrected chi connectivity index (χ3v) is 6.64. The van der Waals surface area contributed by atoms with Crippen molar-refractivity contribution in [2.75, 3.05) is 6.54 Å². The van der Waals surface area contributed by atoms with E-state index >= 15 is 0 Å². The first-order valence-electron chi connectivity index (χ1n) is 10.3. The highest BCUT2D eigenvalue weighted by Crippen LogP contribution is 2.42. The maximum Gasteiger partial charge on any atom is 0.0771 e. The highest BCUT2D eigenvalue weighted by Gasteiger charge is 2.38. The summed E-state index contributed by atoms with van der Waals surface area (Å²) in [5.74, 6) is 1.33. The highest BCUT2D eigenvalue weighted by molar-refractivity contribution is 5.24. The average Bonchev–Trinajstić information content (AvgIpc) is 2.50. The van der Waals surface area contributed by atoms with E-state index in [1.165, 1.54) is 49.7 Å². The van der Waals surface area contributed by atoms with Crippen LogP contribution in [0.2, 0.25) is 0 Å². The number of benzene rings is 1. The van der Waals surface area contributed by atoms with Crippen LogP contribution in [0, 0.1) is 17.3 Å². The van der Waals surface area contributed by atoms with Crippen molar-refractivity contribution in [1.29, 1.82) is 0 Å².